The fourth-order valence-corrected chi connectivity index (χ4v) is 3.96. The molecule has 0 aliphatic carbocycles. The SMILES string of the molecule is CCN(CC)S(=O)(=O)c1ccc(C(=O)Nc2ccc(C#N)c(C#N)c2)cc1. The average molecular weight is 382 g/mol. The van der Waals surface area contributed by atoms with Gasteiger partial charge >= 0.3 is 0 Å². The summed E-state index contributed by atoms with van der Waals surface area (Å²) in [5.74, 6) is -0.449. The molecule has 0 heterocycles. The Morgan fingerprint density at radius 3 is 2.11 bits per heavy atom. The summed E-state index contributed by atoms with van der Waals surface area (Å²) in [4.78, 5) is 12.5. The minimum Gasteiger partial charge on any atom is -0.322 e. The van der Waals surface area contributed by atoms with Crippen LogP contribution in [0.5, 0.6) is 0 Å². The number of amides is 1. The molecule has 0 spiro atoms. The first-order valence-electron chi connectivity index (χ1n) is 8.23. The summed E-state index contributed by atoms with van der Waals surface area (Å²) < 4.78 is 26.3. The van der Waals surface area contributed by atoms with Crippen molar-refractivity contribution in [3.63, 3.8) is 0 Å². The van der Waals surface area contributed by atoms with Gasteiger partial charge in [-0.3, -0.25) is 4.79 Å². The van der Waals surface area contributed by atoms with Crippen LogP contribution in [-0.4, -0.2) is 31.7 Å². The van der Waals surface area contributed by atoms with E-state index in [1.165, 1.54) is 46.8 Å². The Labute approximate surface area is 158 Å². The Morgan fingerprint density at radius 1 is 1.00 bits per heavy atom. The van der Waals surface area contributed by atoms with Crippen LogP contribution in [-0.2, 0) is 10.0 Å². The van der Waals surface area contributed by atoms with E-state index in [0.717, 1.165) is 0 Å². The molecule has 0 fully saturated rings. The molecule has 0 unspecified atom stereocenters. The highest BCUT2D eigenvalue weighted by Crippen LogP contribution is 2.18. The van der Waals surface area contributed by atoms with Gasteiger partial charge in [-0.05, 0) is 42.5 Å². The van der Waals surface area contributed by atoms with E-state index in [1.54, 1.807) is 13.8 Å². The smallest absolute Gasteiger partial charge is 0.255 e. The Bertz CT molecular complexity index is 1030. The van der Waals surface area contributed by atoms with Crippen LogP contribution in [0.3, 0.4) is 0 Å². The lowest BCUT2D eigenvalue weighted by Gasteiger charge is -2.18. The molecule has 7 nitrogen and oxygen atoms in total. The minimum atomic E-state index is -3.58. The summed E-state index contributed by atoms with van der Waals surface area (Å²) in [6.07, 6.45) is 0. The van der Waals surface area contributed by atoms with Crippen LogP contribution < -0.4 is 5.32 Å². The predicted octanol–water partition coefficient (Wildman–Crippen LogP) is 2.71. The number of hydrogen-bond acceptors (Lipinski definition) is 5. The van der Waals surface area contributed by atoms with E-state index in [4.69, 9.17) is 10.5 Å². The molecular weight excluding hydrogens is 364 g/mol. The van der Waals surface area contributed by atoms with E-state index in [9.17, 15) is 13.2 Å². The van der Waals surface area contributed by atoms with Gasteiger partial charge in [0.1, 0.15) is 12.1 Å². The first kappa shape index (κ1) is 20.1. The number of carbonyl (C=O) groups is 1. The van der Waals surface area contributed by atoms with Crippen molar-refractivity contribution in [2.75, 3.05) is 18.4 Å². The van der Waals surface area contributed by atoms with Gasteiger partial charge in [-0.1, -0.05) is 13.8 Å². The molecule has 0 aliphatic heterocycles. The third-order valence-corrected chi connectivity index (χ3v) is 6.04. The van der Waals surface area contributed by atoms with Gasteiger partial charge in [0.15, 0.2) is 0 Å². The van der Waals surface area contributed by atoms with Gasteiger partial charge in [0.05, 0.1) is 16.0 Å². The summed E-state index contributed by atoms with van der Waals surface area (Å²) in [7, 11) is -3.58. The number of anilines is 1. The fraction of sp³-hybridized carbons (Fsp3) is 0.211. The zero-order chi connectivity index (χ0) is 20.0. The lowest BCUT2D eigenvalue weighted by molar-refractivity contribution is 0.102. The fourth-order valence-electron chi connectivity index (χ4n) is 2.51. The molecule has 0 saturated carbocycles. The molecule has 0 atom stereocenters. The zero-order valence-corrected chi connectivity index (χ0v) is 15.7. The molecule has 2 rings (SSSR count). The van der Waals surface area contributed by atoms with Gasteiger partial charge in [0.2, 0.25) is 10.0 Å². The Balaban J connectivity index is 2.22. The second-order valence-corrected chi connectivity index (χ2v) is 7.49. The van der Waals surface area contributed by atoms with Gasteiger partial charge in [0, 0.05) is 24.3 Å². The molecule has 1 amide bonds. The lowest BCUT2D eigenvalue weighted by Crippen LogP contribution is -2.30. The maximum atomic E-state index is 12.5. The average Bonchev–Trinajstić information content (AvgIpc) is 2.68. The maximum absolute atomic E-state index is 12.5. The summed E-state index contributed by atoms with van der Waals surface area (Å²) in [6.45, 7) is 4.24. The predicted molar refractivity (Wildman–Crippen MR) is 100 cm³/mol. The van der Waals surface area contributed by atoms with Gasteiger partial charge in [-0.2, -0.15) is 14.8 Å². The van der Waals surface area contributed by atoms with Crippen molar-refractivity contribution in [3.05, 3.63) is 59.2 Å². The second-order valence-electron chi connectivity index (χ2n) is 5.55. The number of nitrogens with one attached hydrogen (secondary N) is 1. The van der Waals surface area contributed by atoms with Crippen molar-refractivity contribution in [1.82, 2.24) is 4.31 Å². The minimum absolute atomic E-state index is 0.118. The molecule has 0 radical (unpaired) electrons. The van der Waals surface area contributed by atoms with Gasteiger partial charge < -0.3 is 5.32 Å². The monoisotopic (exact) mass is 382 g/mol. The molecule has 2 aromatic rings. The Morgan fingerprint density at radius 2 is 1.59 bits per heavy atom. The van der Waals surface area contributed by atoms with E-state index in [0.29, 0.717) is 18.8 Å². The number of nitrogens with zero attached hydrogens (tertiary/aromatic N) is 3. The summed E-state index contributed by atoms with van der Waals surface area (Å²) in [5, 5.41) is 20.6. The molecule has 138 valence electrons. The van der Waals surface area contributed by atoms with Crippen LogP contribution in [0.25, 0.3) is 0 Å². The van der Waals surface area contributed by atoms with Crippen molar-refractivity contribution in [2.24, 2.45) is 0 Å². The summed E-state index contributed by atoms with van der Waals surface area (Å²) >= 11 is 0. The van der Waals surface area contributed by atoms with Crippen LogP contribution >= 0.6 is 0 Å². The number of benzene rings is 2. The van der Waals surface area contributed by atoms with E-state index in [-0.39, 0.29) is 21.6 Å². The quantitative estimate of drug-likeness (QED) is 0.825. The molecule has 27 heavy (non-hydrogen) atoms. The summed E-state index contributed by atoms with van der Waals surface area (Å²) in [5.41, 5.74) is 1.03. The molecule has 0 aliphatic rings. The lowest BCUT2D eigenvalue weighted by atomic mass is 10.1. The van der Waals surface area contributed by atoms with Crippen molar-refractivity contribution in [3.8, 4) is 12.1 Å². The molecule has 0 aromatic heterocycles. The summed E-state index contributed by atoms with van der Waals surface area (Å²) in [6, 6.07) is 13.8. The number of hydrogen-bond donors (Lipinski definition) is 1. The van der Waals surface area contributed by atoms with E-state index < -0.39 is 15.9 Å². The van der Waals surface area contributed by atoms with Crippen LogP contribution in [0.4, 0.5) is 5.69 Å². The van der Waals surface area contributed by atoms with Crippen LogP contribution in [0.2, 0.25) is 0 Å². The largest absolute Gasteiger partial charge is 0.322 e. The third-order valence-electron chi connectivity index (χ3n) is 3.98. The third kappa shape index (κ3) is 4.32. The standard InChI is InChI=1S/C19H18N4O3S/c1-3-23(4-2)27(25,26)18-9-6-14(7-10-18)19(24)22-17-8-5-15(12-20)16(11-17)13-21/h5-11H,3-4H2,1-2H3,(H,22,24). The molecule has 8 heteroatoms. The van der Waals surface area contributed by atoms with Crippen molar-refractivity contribution in [1.29, 1.82) is 10.5 Å². The van der Waals surface area contributed by atoms with Crippen molar-refractivity contribution in [2.45, 2.75) is 18.7 Å². The van der Waals surface area contributed by atoms with E-state index >= 15 is 0 Å². The topological polar surface area (TPSA) is 114 Å². The first-order chi connectivity index (χ1) is 12.9. The molecule has 0 bridgehead atoms. The Hall–Kier alpha value is -3.20. The van der Waals surface area contributed by atoms with E-state index in [2.05, 4.69) is 5.32 Å². The normalized spacial score (nSPS) is 10.9. The highest BCUT2D eigenvalue weighted by Gasteiger charge is 2.21. The van der Waals surface area contributed by atoms with Gasteiger partial charge in [0.25, 0.3) is 5.91 Å². The van der Waals surface area contributed by atoms with Gasteiger partial charge in [-0.15, -0.1) is 0 Å². The maximum Gasteiger partial charge on any atom is 0.255 e. The van der Waals surface area contributed by atoms with Crippen LogP contribution in [0.15, 0.2) is 47.4 Å². The van der Waals surface area contributed by atoms with Crippen LogP contribution in [0, 0.1) is 22.7 Å². The number of sulfonamides is 1. The molecule has 1 N–H and O–H groups in total. The van der Waals surface area contributed by atoms with E-state index in [1.807, 2.05) is 12.1 Å². The highest BCUT2D eigenvalue weighted by molar-refractivity contribution is 7.89. The Kier molecular flexibility index (Phi) is 6.30. The van der Waals surface area contributed by atoms with Crippen molar-refractivity contribution < 1.29 is 13.2 Å². The first-order valence-corrected chi connectivity index (χ1v) is 9.67. The number of nitriles is 2. The highest BCUT2D eigenvalue weighted by atomic mass is 32.2. The van der Waals surface area contributed by atoms with Gasteiger partial charge in [-0.25, -0.2) is 8.42 Å². The molecule has 2 aromatic carbocycles. The second kappa shape index (κ2) is 8.45. The molecule has 0 saturated heterocycles. The number of rotatable bonds is 6. The van der Waals surface area contributed by atoms with Crippen molar-refractivity contribution >= 4 is 21.6 Å². The molecular formula is C19H18N4O3S. The number of carbonyl (C=O) groups excluding carboxylic acids is 1. The zero-order valence-electron chi connectivity index (χ0n) is 14.9. The van der Waals surface area contributed by atoms with Crippen LogP contribution in [0.1, 0.15) is 35.3 Å².